The predicted octanol–water partition coefficient (Wildman–Crippen LogP) is 4.67. The van der Waals surface area contributed by atoms with Gasteiger partial charge in [-0.15, -0.1) is 0 Å². The minimum atomic E-state index is -6.65. The molecule has 0 saturated heterocycles. The summed E-state index contributed by atoms with van der Waals surface area (Å²) in [6.45, 7) is 1.55. The Morgan fingerprint density at radius 1 is 0.923 bits per heavy atom. The first-order valence-corrected chi connectivity index (χ1v) is 8.54. The molecular weight excluding hydrogens is 391 g/mol. The maximum atomic E-state index is 14.3. The van der Waals surface area contributed by atoms with Crippen molar-refractivity contribution in [3.63, 3.8) is 0 Å². The van der Waals surface area contributed by atoms with Crippen LogP contribution in [0.15, 0.2) is 47.5 Å². The minimum Gasteiger partial charge on any atom is -0.364 e. The zero-order valence-electron chi connectivity index (χ0n) is 13.0. The van der Waals surface area contributed by atoms with Crippen LogP contribution < -0.4 is 0 Å². The van der Waals surface area contributed by atoms with Crippen molar-refractivity contribution in [1.82, 2.24) is 4.98 Å². The Labute approximate surface area is 143 Å². The van der Waals surface area contributed by atoms with Crippen LogP contribution in [0.1, 0.15) is 16.5 Å². The minimum absolute atomic E-state index is 0.535. The topological polar surface area (TPSA) is 49.9 Å². The van der Waals surface area contributed by atoms with Crippen LogP contribution in [0.3, 0.4) is 0 Å². The SMILES string of the molecule is Cc1ccc(S(=O)(=O)C(c2ccc[nH]2)C(F)(F)C(F)(F)C(F)(F)F)cc1. The number of hydrogen-bond acceptors (Lipinski definition) is 2. The molecule has 0 aliphatic rings. The lowest BCUT2D eigenvalue weighted by Gasteiger charge is -2.33. The number of aromatic amines is 1. The lowest BCUT2D eigenvalue weighted by molar-refractivity contribution is -0.355. The summed E-state index contributed by atoms with van der Waals surface area (Å²) in [6, 6.07) is 5.85. The van der Waals surface area contributed by atoms with Crippen LogP contribution in [-0.2, 0) is 9.84 Å². The Hall–Kier alpha value is -2.04. The number of sulfone groups is 1. The molecule has 11 heteroatoms. The Morgan fingerprint density at radius 3 is 1.88 bits per heavy atom. The van der Waals surface area contributed by atoms with Gasteiger partial charge in [-0.05, 0) is 31.2 Å². The fourth-order valence-electron chi connectivity index (χ4n) is 2.28. The number of alkyl halides is 7. The Kier molecular flexibility index (Phi) is 4.90. The molecule has 0 amide bonds. The molecule has 0 radical (unpaired) electrons. The van der Waals surface area contributed by atoms with Gasteiger partial charge in [0.1, 0.15) is 0 Å². The highest BCUT2D eigenvalue weighted by Gasteiger charge is 2.77. The van der Waals surface area contributed by atoms with E-state index in [-0.39, 0.29) is 0 Å². The van der Waals surface area contributed by atoms with Gasteiger partial charge < -0.3 is 4.98 Å². The molecule has 26 heavy (non-hydrogen) atoms. The van der Waals surface area contributed by atoms with Gasteiger partial charge in [0.05, 0.1) is 4.90 Å². The number of hydrogen-bond donors (Lipinski definition) is 1. The number of rotatable bonds is 5. The second-order valence-electron chi connectivity index (χ2n) is 5.56. The van der Waals surface area contributed by atoms with Gasteiger partial charge in [0, 0.05) is 11.9 Å². The van der Waals surface area contributed by atoms with Crippen molar-refractivity contribution in [1.29, 1.82) is 0 Å². The lowest BCUT2D eigenvalue weighted by atomic mass is 10.1. The van der Waals surface area contributed by atoms with Gasteiger partial charge in [-0.25, -0.2) is 8.42 Å². The summed E-state index contributed by atoms with van der Waals surface area (Å²) in [5, 5.41) is -3.47. The highest BCUT2D eigenvalue weighted by Crippen LogP contribution is 2.54. The maximum absolute atomic E-state index is 14.3. The van der Waals surface area contributed by atoms with E-state index in [9.17, 15) is 39.2 Å². The number of aryl methyl sites for hydroxylation is 1. The quantitative estimate of drug-likeness (QED) is 0.738. The van der Waals surface area contributed by atoms with Crippen LogP contribution in [0.2, 0.25) is 0 Å². The van der Waals surface area contributed by atoms with Gasteiger partial charge in [-0.2, -0.15) is 30.7 Å². The average molecular weight is 403 g/mol. The van der Waals surface area contributed by atoms with E-state index in [1.807, 2.05) is 4.98 Å². The van der Waals surface area contributed by atoms with Crippen LogP contribution in [-0.4, -0.2) is 31.4 Å². The predicted molar refractivity (Wildman–Crippen MR) is 77.8 cm³/mol. The number of halogens is 7. The average Bonchev–Trinajstić information content (AvgIpc) is 2.99. The summed E-state index contributed by atoms with van der Waals surface area (Å²) in [7, 11) is -5.30. The summed E-state index contributed by atoms with van der Waals surface area (Å²) in [4.78, 5) is 1.19. The molecular formula is C15H12F7NO2S. The van der Waals surface area contributed by atoms with E-state index in [2.05, 4.69) is 0 Å². The third kappa shape index (κ3) is 3.19. The van der Waals surface area contributed by atoms with Crippen molar-refractivity contribution in [2.75, 3.05) is 0 Å². The molecule has 1 heterocycles. The largest absolute Gasteiger partial charge is 0.459 e. The molecule has 2 rings (SSSR count). The molecule has 0 fully saturated rings. The summed E-state index contributed by atoms with van der Waals surface area (Å²) in [5.74, 6) is -12.5. The molecule has 0 spiro atoms. The van der Waals surface area contributed by atoms with Gasteiger partial charge in [-0.1, -0.05) is 17.7 Å². The molecule has 1 atom stereocenters. The number of H-pyrrole nitrogens is 1. The van der Waals surface area contributed by atoms with Crippen LogP contribution in [0.4, 0.5) is 30.7 Å². The second-order valence-corrected chi connectivity index (χ2v) is 7.59. The molecule has 0 saturated carbocycles. The summed E-state index contributed by atoms with van der Waals surface area (Å²) in [5.41, 5.74) is -0.452. The van der Waals surface area contributed by atoms with Crippen molar-refractivity contribution in [3.05, 3.63) is 53.9 Å². The van der Waals surface area contributed by atoms with Crippen molar-refractivity contribution >= 4 is 9.84 Å². The van der Waals surface area contributed by atoms with Crippen molar-refractivity contribution in [2.45, 2.75) is 35.1 Å². The molecule has 0 aliphatic heterocycles. The standard InChI is InChI=1S/C15H12F7NO2S/c1-9-4-6-10(7-5-9)26(24,25)12(11-3-2-8-23-11)13(16,17)14(18,19)15(20,21)22/h2-8,12,23H,1H3. The van der Waals surface area contributed by atoms with Crippen LogP contribution in [0.25, 0.3) is 0 Å². The molecule has 0 bridgehead atoms. The Bertz CT molecular complexity index is 856. The first-order valence-electron chi connectivity index (χ1n) is 6.99. The van der Waals surface area contributed by atoms with Crippen molar-refractivity contribution < 1.29 is 39.2 Å². The molecule has 2 aromatic rings. The third-order valence-corrected chi connectivity index (χ3v) is 5.77. The highest BCUT2D eigenvalue weighted by molar-refractivity contribution is 7.91. The molecule has 144 valence electrons. The van der Waals surface area contributed by atoms with Crippen LogP contribution in [0, 0.1) is 6.92 Å². The third-order valence-electron chi connectivity index (χ3n) is 3.67. The summed E-state index contributed by atoms with van der Waals surface area (Å²) in [6.07, 6.45) is -5.71. The van der Waals surface area contributed by atoms with E-state index in [4.69, 9.17) is 0 Å². The van der Waals surface area contributed by atoms with E-state index in [1.54, 1.807) is 6.92 Å². The summed E-state index contributed by atoms with van der Waals surface area (Å²) < 4.78 is 118. The molecule has 1 N–H and O–H groups in total. The first kappa shape index (κ1) is 20.3. The van der Waals surface area contributed by atoms with E-state index in [0.717, 1.165) is 24.4 Å². The number of nitrogens with one attached hydrogen (secondary N) is 1. The van der Waals surface area contributed by atoms with E-state index in [1.165, 1.54) is 12.1 Å². The molecule has 0 aliphatic carbocycles. The number of benzene rings is 1. The summed E-state index contributed by atoms with van der Waals surface area (Å²) >= 11 is 0. The van der Waals surface area contributed by atoms with Gasteiger partial charge in [-0.3, -0.25) is 0 Å². The van der Waals surface area contributed by atoms with Crippen LogP contribution >= 0.6 is 0 Å². The van der Waals surface area contributed by atoms with E-state index in [0.29, 0.717) is 11.6 Å². The molecule has 1 unspecified atom stereocenters. The normalized spacial score (nSPS) is 15.1. The smallest absolute Gasteiger partial charge is 0.364 e. The molecule has 3 nitrogen and oxygen atoms in total. The second kappa shape index (κ2) is 6.29. The van der Waals surface area contributed by atoms with Crippen LogP contribution in [0.5, 0.6) is 0 Å². The van der Waals surface area contributed by atoms with Crippen molar-refractivity contribution in [2.24, 2.45) is 0 Å². The zero-order valence-corrected chi connectivity index (χ0v) is 13.8. The lowest BCUT2D eigenvalue weighted by Crippen LogP contribution is -2.56. The fourth-order valence-corrected chi connectivity index (χ4v) is 4.09. The fraction of sp³-hybridized carbons (Fsp3) is 0.333. The van der Waals surface area contributed by atoms with Gasteiger partial charge in [0.15, 0.2) is 15.1 Å². The van der Waals surface area contributed by atoms with Gasteiger partial charge >= 0.3 is 18.0 Å². The van der Waals surface area contributed by atoms with Gasteiger partial charge in [0.25, 0.3) is 0 Å². The number of aromatic nitrogens is 1. The Balaban J connectivity index is 2.71. The Morgan fingerprint density at radius 2 is 1.46 bits per heavy atom. The first-order chi connectivity index (χ1) is 11.7. The van der Waals surface area contributed by atoms with E-state index < -0.39 is 43.7 Å². The highest BCUT2D eigenvalue weighted by atomic mass is 32.2. The molecule has 1 aromatic heterocycles. The molecule has 1 aromatic carbocycles. The zero-order chi connectivity index (χ0) is 20.0. The monoisotopic (exact) mass is 403 g/mol. The van der Waals surface area contributed by atoms with E-state index >= 15 is 0 Å². The van der Waals surface area contributed by atoms with Gasteiger partial charge in [0.2, 0.25) is 0 Å². The van der Waals surface area contributed by atoms with Crippen molar-refractivity contribution in [3.8, 4) is 0 Å². The maximum Gasteiger partial charge on any atom is 0.459 e.